The number of benzene rings is 2. The Morgan fingerprint density at radius 1 is 0.933 bits per heavy atom. The van der Waals surface area contributed by atoms with Gasteiger partial charge in [0.1, 0.15) is 0 Å². The molecule has 2 aromatic rings. The van der Waals surface area contributed by atoms with Crippen molar-refractivity contribution in [2.45, 2.75) is 0 Å². The van der Waals surface area contributed by atoms with E-state index in [1.165, 1.54) is 0 Å². The number of halogens is 1. The fourth-order valence-electron chi connectivity index (χ4n) is 0.882. The molecule has 3 heteroatoms. The summed E-state index contributed by atoms with van der Waals surface area (Å²) in [7, 11) is 0. The van der Waals surface area contributed by atoms with Gasteiger partial charge in [-0.3, -0.25) is 0 Å². The van der Waals surface area contributed by atoms with Crippen LogP contribution in [0, 0.1) is 0 Å². The van der Waals surface area contributed by atoms with E-state index in [-0.39, 0.29) is 0 Å². The summed E-state index contributed by atoms with van der Waals surface area (Å²) in [6, 6.07) is 15.0. The lowest BCUT2D eigenvalue weighted by Gasteiger charge is -1.91. The summed E-state index contributed by atoms with van der Waals surface area (Å²) in [5.74, 6) is 0. The van der Waals surface area contributed by atoms with Crippen LogP contribution in [0.25, 0.3) is 0 Å². The standard InChI is InChI=1S/C6H6BrN.C6H7N/c7-5-3-1-2-4-6(5)8;7-6-4-2-1-3-5-6/h1-4H,8H2;1-5H,7H2/i;4D. The van der Waals surface area contributed by atoms with E-state index in [1.807, 2.05) is 30.3 Å². The molecule has 0 amide bonds. The molecule has 0 bridgehead atoms. The van der Waals surface area contributed by atoms with Crippen LogP contribution in [0.15, 0.2) is 59.0 Å². The fraction of sp³-hybridized carbons (Fsp3) is 0. The Kier molecular flexibility index (Phi) is 4.08. The normalized spacial score (nSPS) is 9.80. The van der Waals surface area contributed by atoms with Crippen molar-refractivity contribution in [1.29, 1.82) is 0 Å². The largest absolute Gasteiger partial charge is 0.399 e. The van der Waals surface area contributed by atoms with E-state index in [0.717, 1.165) is 10.2 Å². The van der Waals surface area contributed by atoms with Crippen LogP contribution in [0.2, 0.25) is 0 Å². The zero-order chi connectivity index (χ0) is 12.0. The molecule has 2 nitrogen and oxygen atoms in total. The lowest BCUT2D eigenvalue weighted by molar-refractivity contribution is 1.63. The minimum absolute atomic E-state index is 0.396. The Hall–Kier alpha value is -1.48. The molecule has 78 valence electrons. The molecule has 0 unspecified atom stereocenters. The summed E-state index contributed by atoms with van der Waals surface area (Å²) >= 11 is 3.27. The Morgan fingerprint density at radius 3 is 2.00 bits per heavy atom. The van der Waals surface area contributed by atoms with Crippen molar-refractivity contribution in [3.05, 3.63) is 59.0 Å². The summed E-state index contributed by atoms with van der Waals surface area (Å²) in [6.07, 6.45) is 0. The quantitative estimate of drug-likeness (QED) is 0.719. The van der Waals surface area contributed by atoms with Gasteiger partial charge in [0, 0.05) is 15.8 Å². The van der Waals surface area contributed by atoms with Gasteiger partial charge in [-0.15, -0.1) is 0 Å². The average molecular weight is 266 g/mol. The van der Waals surface area contributed by atoms with Crippen molar-refractivity contribution in [3.8, 4) is 0 Å². The summed E-state index contributed by atoms with van der Waals surface area (Å²) in [5.41, 5.74) is 12.1. The van der Waals surface area contributed by atoms with Crippen LogP contribution >= 0.6 is 15.9 Å². The molecule has 0 atom stereocenters. The maximum Gasteiger partial charge on any atom is 0.0644 e. The van der Waals surface area contributed by atoms with Gasteiger partial charge in [-0.05, 0) is 40.2 Å². The van der Waals surface area contributed by atoms with Crippen molar-refractivity contribution < 1.29 is 1.37 Å². The first-order valence-corrected chi connectivity index (χ1v) is 5.21. The number of para-hydroxylation sites is 2. The van der Waals surface area contributed by atoms with Gasteiger partial charge in [0.2, 0.25) is 0 Å². The highest BCUT2D eigenvalue weighted by Gasteiger charge is 1.86. The molecule has 0 radical (unpaired) electrons. The molecule has 0 saturated carbocycles. The van der Waals surface area contributed by atoms with Crippen LogP contribution in [0.4, 0.5) is 11.4 Å². The zero-order valence-corrected chi connectivity index (χ0v) is 9.74. The molecular formula is C12H13BrN2. The third kappa shape index (κ3) is 4.51. The van der Waals surface area contributed by atoms with E-state index < -0.39 is 0 Å². The van der Waals surface area contributed by atoms with Gasteiger partial charge in [0.15, 0.2) is 0 Å². The second-order valence-corrected chi connectivity index (χ2v) is 3.69. The predicted molar refractivity (Wildman–Crippen MR) is 69.4 cm³/mol. The van der Waals surface area contributed by atoms with Gasteiger partial charge in [-0.1, -0.05) is 30.3 Å². The maximum absolute atomic E-state index is 7.09. The molecule has 0 aliphatic carbocycles. The minimum atomic E-state index is 0.396. The van der Waals surface area contributed by atoms with E-state index >= 15 is 0 Å². The highest BCUT2D eigenvalue weighted by Crippen LogP contribution is 2.16. The summed E-state index contributed by atoms with van der Waals surface area (Å²) in [6.45, 7) is 0. The number of hydrogen-bond donors (Lipinski definition) is 2. The van der Waals surface area contributed by atoms with Gasteiger partial charge in [0.25, 0.3) is 0 Å². The summed E-state index contributed by atoms with van der Waals surface area (Å²) < 4.78 is 8.05. The Labute approximate surface area is 99.4 Å². The molecule has 15 heavy (non-hydrogen) atoms. The van der Waals surface area contributed by atoms with E-state index in [9.17, 15) is 0 Å². The molecule has 0 aliphatic rings. The van der Waals surface area contributed by atoms with E-state index in [0.29, 0.717) is 11.7 Å². The van der Waals surface area contributed by atoms with E-state index in [1.54, 1.807) is 18.2 Å². The van der Waals surface area contributed by atoms with Crippen molar-refractivity contribution in [3.63, 3.8) is 0 Å². The van der Waals surface area contributed by atoms with Crippen LogP contribution < -0.4 is 11.5 Å². The van der Waals surface area contributed by atoms with Gasteiger partial charge in [0.05, 0.1) is 1.37 Å². The molecule has 0 heterocycles. The lowest BCUT2D eigenvalue weighted by atomic mass is 10.3. The van der Waals surface area contributed by atoms with Gasteiger partial charge >= 0.3 is 0 Å². The molecule has 0 aromatic heterocycles. The Morgan fingerprint density at radius 2 is 1.60 bits per heavy atom. The van der Waals surface area contributed by atoms with Crippen molar-refractivity contribution >= 4 is 27.3 Å². The summed E-state index contributed by atoms with van der Waals surface area (Å²) in [5, 5.41) is 0. The first-order valence-electron chi connectivity index (χ1n) is 4.92. The molecule has 0 spiro atoms. The number of rotatable bonds is 0. The maximum atomic E-state index is 7.09. The number of nitrogens with two attached hydrogens (primary N) is 2. The third-order valence-corrected chi connectivity index (χ3v) is 2.36. The van der Waals surface area contributed by atoms with Crippen molar-refractivity contribution in [2.75, 3.05) is 11.5 Å². The van der Waals surface area contributed by atoms with Crippen molar-refractivity contribution in [2.24, 2.45) is 0 Å². The first-order chi connectivity index (χ1) is 7.61. The Balaban J connectivity index is 0.000000160. The van der Waals surface area contributed by atoms with Gasteiger partial charge in [-0.2, -0.15) is 0 Å². The first kappa shape index (κ1) is 10.1. The fourth-order valence-corrected chi connectivity index (χ4v) is 1.17. The molecule has 0 aliphatic heterocycles. The number of hydrogen-bond acceptors (Lipinski definition) is 2. The second-order valence-electron chi connectivity index (χ2n) is 2.84. The SMILES string of the molecule is Nc1ccccc1Br.[2H]c1ccccc1N. The van der Waals surface area contributed by atoms with E-state index in [2.05, 4.69) is 15.9 Å². The molecule has 2 aromatic carbocycles. The Bertz CT molecular complexity index is 375. The van der Waals surface area contributed by atoms with Crippen LogP contribution in [0.5, 0.6) is 0 Å². The monoisotopic (exact) mass is 265 g/mol. The number of nitrogen functional groups attached to an aromatic ring is 2. The van der Waals surface area contributed by atoms with Gasteiger partial charge in [-0.25, -0.2) is 0 Å². The molecule has 4 N–H and O–H groups in total. The smallest absolute Gasteiger partial charge is 0.0644 e. The van der Waals surface area contributed by atoms with E-state index in [4.69, 9.17) is 12.8 Å². The minimum Gasteiger partial charge on any atom is -0.399 e. The zero-order valence-electron chi connectivity index (χ0n) is 9.15. The molecule has 2 rings (SSSR count). The topological polar surface area (TPSA) is 52.0 Å². The highest BCUT2D eigenvalue weighted by atomic mass is 79.9. The van der Waals surface area contributed by atoms with Crippen LogP contribution in [-0.2, 0) is 0 Å². The van der Waals surface area contributed by atoms with Crippen LogP contribution in [0.3, 0.4) is 0 Å². The van der Waals surface area contributed by atoms with Crippen LogP contribution in [0.1, 0.15) is 1.37 Å². The number of anilines is 2. The molecular weight excluding hydrogens is 252 g/mol. The molecule has 0 saturated heterocycles. The highest BCUT2D eigenvalue weighted by molar-refractivity contribution is 9.10. The van der Waals surface area contributed by atoms with Crippen molar-refractivity contribution in [1.82, 2.24) is 0 Å². The van der Waals surface area contributed by atoms with Crippen LogP contribution in [-0.4, -0.2) is 0 Å². The average Bonchev–Trinajstić information content (AvgIpc) is 2.28. The summed E-state index contributed by atoms with van der Waals surface area (Å²) in [4.78, 5) is 0. The third-order valence-electron chi connectivity index (χ3n) is 1.64. The molecule has 0 fully saturated rings. The lowest BCUT2D eigenvalue weighted by Crippen LogP contribution is -1.82. The second kappa shape index (κ2) is 6.09. The van der Waals surface area contributed by atoms with Gasteiger partial charge < -0.3 is 11.5 Å². The predicted octanol–water partition coefficient (Wildman–Crippen LogP) is 3.30.